The molecule has 0 saturated carbocycles. The van der Waals surface area contributed by atoms with Gasteiger partial charge in [-0.3, -0.25) is 4.79 Å². The molecule has 2 heterocycles. The molecule has 6 nitrogen and oxygen atoms in total. The molecule has 1 aliphatic rings. The van der Waals surface area contributed by atoms with Crippen LogP contribution in [0.1, 0.15) is 118 Å². The van der Waals surface area contributed by atoms with Gasteiger partial charge in [-0.25, -0.2) is 9.37 Å². The van der Waals surface area contributed by atoms with E-state index in [-0.39, 0.29) is 16.6 Å². The van der Waals surface area contributed by atoms with Crippen LogP contribution in [0.25, 0.3) is 0 Å². The van der Waals surface area contributed by atoms with Crippen LogP contribution < -0.4 is 10.1 Å². The first-order chi connectivity index (χ1) is 20.5. The van der Waals surface area contributed by atoms with Crippen LogP contribution in [0.2, 0.25) is 0 Å². The Bertz CT molecular complexity index is 1040. The van der Waals surface area contributed by atoms with E-state index in [0.29, 0.717) is 25.4 Å². The number of rotatable bonds is 17. The summed E-state index contributed by atoms with van der Waals surface area (Å²) in [5.74, 6) is 0.389. The Labute approximate surface area is 261 Å². The molecule has 0 amide bonds. The lowest BCUT2D eigenvalue weighted by Gasteiger charge is -2.28. The minimum absolute atomic E-state index is 0.147. The highest BCUT2D eigenvalue weighted by molar-refractivity contribution is 5.66. The molecule has 43 heavy (non-hydrogen) atoms. The van der Waals surface area contributed by atoms with Crippen LogP contribution in [-0.2, 0) is 22.4 Å². The topological polar surface area (TPSA) is 80.7 Å². The predicted molar refractivity (Wildman–Crippen MR) is 177 cm³/mol. The normalized spacial score (nSPS) is 12.6. The lowest BCUT2D eigenvalue weighted by atomic mass is 9.91. The van der Waals surface area contributed by atoms with E-state index in [1.807, 2.05) is 13.8 Å². The second kappa shape index (κ2) is 21.1. The van der Waals surface area contributed by atoms with Crippen molar-refractivity contribution in [2.24, 2.45) is 10.8 Å². The molecule has 0 atom stereocenters. The monoisotopic (exact) mass is 602 g/mol. The molecule has 2 N–H and O–H groups in total. The number of carboxylic acids is 1. The summed E-state index contributed by atoms with van der Waals surface area (Å²) in [5, 5.41) is 11.9. The van der Waals surface area contributed by atoms with Crippen LogP contribution in [-0.4, -0.2) is 42.4 Å². The average molecular weight is 603 g/mol. The van der Waals surface area contributed by atoms with Crippen LogP contribution in [0, 0.1) is 16.6 Å². The lowest BCUT2D eigenvalue weighted by Crippen LogP contribution is -2.30. The molecule has 0 radical (unpaired) electrons. The minimum atomic E-state index is -0.679. The highest BCUT2D eigenvalue weighted by atomic mass is 19.1. The molecule has 1 aliphatic heterocycles. The summed E-state index contributed by atoms with van der Waals surface area (Å²) in [4.78, 5) is 15.1. The van der Waals surface area contributed by atoms with Crippen LogP contribution >= 0.6 is 0 Å². The third-order valence-electron chi connectivity index (χ3n) is 7.42. The molecule has 0 fully saturated rings. The van der Waals surface area contributed by atoms with Gasteiger partial charge in [0.1, 0.15) is 5.82 Å². The Kier molecular flexibility index (Phi) is 18.8. The molecule has 1 aromatic heterocycles. The standard InChI is InChI=1S/C17H27FO2.C17H26N2O2.C2H6/c1-6-16(2,3)11-19-12-17(4,5)13-20-15-10-8-7-9-14(15)18;20-16(21)10-6-4-2-1-3-5-9-15-12-11-14-8-7-13-18-17(14)19-15;1-2/h7-10H,6,11-13H2,1-5H3;11-12H,1-10,13H2,(H,18,19)(H,20,21);1-2H3. The van der Waals surface area contributed by atoms with Gasteiger partial charge in [0.15, 0.2) is 11.6 Å². The number of anilines is 1. The Morgan fingerprint density at radius 2 is 1.58 bits per heavy atom. The van der Waals surface area contributed by atoms with Crippen molar-refractivity contribution in [3.05, 3.63) is 53.5 Å². The van der Waals surface area contributed by atoms with Gasteiger partial charge in [0, 0.05) is 24.1 Å². The van der Waals surface area contributed by atoms with Gasteiger partial charge < -0.3 is 19.9 Å². The number of nitrogens with one attached hydrogen (secondary N) is 1. The van der Waals surface area contributed by atoms with Crippen molar-refractivity contribution in [1.29, 1.82) is 0 Å². The molecule has 2 aromatic rings. The Morgan fingerprint density at radius 1 is 0.930 bits per heavy atom. The fourth-order valence-electron chi connectivity index (χ4n) is 4.38. The summed E-state index contributed by atoms with van der Waals surface area (Å²) in [5.41, 5.74) is 2.59. The number of para-hydroxylation sites is 1. The van der Waals surface area contributed by atoms with E-state index in [9.17, 15) is 9.18 Å². The third kappa shape index (κ3) is 17.3. The molecule has 0 aliphatic carbocycles. The molecule has 3 rings (SSSR count). The van der Waals surface area contributed by atoms with Crippen LogP contribution in [0.5, 0.6) is 5.75 Å². The number of aromatic nitrogens is 1. The molecule has 7 heteroatoms. The van der Waals surface area contributed by atoms with E-state index in [4.69, 9.17) is 19.6 Å². The Balaban J connectivity index is 0.000000407. The average Bonchev–Trinajstić information content (AvgIpc) is 2.99. The molecule has 0 spiro atoms. The van der Waals surface area contributed by atoms with Crippen LogP contribution in [0.3, 0.4) is 0 Å². The van der Waals surface area contributed by atoms with Gasteiger partial charge in [0.05, 0.1) is 19.8 Å². The van der Waals surface area contributed by atoms with Crippen molar-refractivity contribution in [2.75, 3.05) is 31.7 Å². The van der Waals surface area contributed by atoms with Crippen molar-refractivity contribution in [1.82, 2.24) is 4.98 Å². The summed E-state index contributed by atoms with van der Waals surface area (Å²) in [7, 11) is 0. The molecular weight excluding hydrogens is 543 g/mol. The van der Waals surface area contributed by atoms with E-state index >= 15 is 0 Å². The van der Waals surface area contributed by atoms with Crippen molar-refractivity contribution in [3.63, 3.8) is 0 Å². The van der Waals surface area contributed by atoms with Gasteiger partial charge in [-0.05, 0) is 67.7 Å². The number of unbranched alkanes of at least 4 members (excludes halogenated alkanes) is 5. The smallest absolute Gasteiger partial charge is 0.303 e. The molecule has 1 aromatic carbocycles. The lowest BCUT2D eigenvalue weighted by molar-refractivity contribution is -0.137. The molecule has 244 valence electrons. The fourth-order valence-corrected chi connectivity index (χ4v) is 4.38. The number of carbonyl (C=O) groups is 1. The fraction of sp³-hybridized carbons (Fsp3) is 0.667. The molecule has 0 bridgehead atoms. The van der Waals surface area contributed by atoms with Crippen molar-refractivity contribution in [2.45, 2.75) is 119 Å². The largest absolute Gasteiger partial charge is 0.490 e. The maximum Gasteiger partial charge on any atom is 0.303 e. The maximum atomic E-state index is 13.5. The first kappa shape index (κ1) is 38.4. The third-order valence-corrected chi connectivity index (χ3v) is 7.42. The van der Waals surface area contributed by atoms with Crippen LogP contribution in [0.4, 0.5) is 10.2 Å². The van der Waals surface area contributed by atoms with Gasteiger partial charge in [-0.15, -0.1) is 0 Å². The number of aryl methyl sites for hydroxylation is 2. The molecule has 0 unspecified atom stereocenters. The van der Waals surface area contributed by atoms with Crippen LogP contribution in [0.15, 0.2) is 36.4 Å². The highest BCUT2D eigenvalue weighted by Crippen LogP contribution is 2.24. The summed E-state index contributed by atoms with van der Waals surface area (Å²) in [6.45, 7) is 17.5. The van der Waals surface area contributed by atoms with E-state index in [0.717, 1.165) is 57.5 Å². The number of ether oxygens (including phenoxy) is 2. The van der Waals surface area contributed by atoms with Gasteiger partial charge in [0.2, 0.25) is 0 Å². The minimum Gasteiger partial charge on any atom is -0.490 e. The van der Waals surface area contributed by atoms with E-state index in [1.54, 1.807) is 18.2 Å². The van der Waals surface area contributed by atoms with Gasteiger partial charge >= 0.3 is 5.97 Å². The molecular formula is C36H59FN2O4. The van der Waals surface area contributed by atoms with Gasteiger partial charge in [-0.1, -0.05) is 92.3 Å². The first-order valence-corrected chi connectivity index (χ1v) is 16.4. The number of hydrogen-bond donors (Lipinski definition) is 2. The zero-order valence-corrected chi connectivity index (χ0v) is 28.1. The maximum absolute atomic E-state index is 13.5. The van der Waals surface area contributed by atoms with E-state index in [2.05, 4.69) is 52.1 Å². The van der Waals surface area contributed by atoms with Gasteiger partial charge in [0.25, 0.3) is 0 Å². The molecule has 0 saturated heterocycles. The zero-order valence-electron chi connectivity index (χ0n) is 28.1. The van der Waals surface area contributed by atoms with Crippen molar-refractivity contribution in [3.8, 4) is 5.75 Å². The van der Waals surface area contributed by atoms with E-state index in [1.165, 1.54) is 43.0 Å². The second-order valence-corrected chi connectivity index (χ2v) is 12.7. The van der Waals surface area contributed by atoms with Gasteiger partial charge in [-0.2, -0.15) is 0 Å². The number of pyridine rings is 1. The summed E-state index contributed by atoms with van der Waals surface area (Å²) >= 11 is 0. The summed E-state index contributed by atoms with van der Waals surface area (Å²) in [6.07, 6.45) is 11.4. The second-order valence-electron chi connectivity index (χ2n) is 12.7. The number of benzene rings is 1. The summed E-state index contributed by atoms with van der Waals surface area (Å²) in [6, 6.07) is 10.9. The number of halogens is 1. The predicted octanol–water partition coefficient (Wildman–Crippen LogP) is 9.51. The highest BCUT2D eigenvalue weighted by Gasteiger charge is 2.23. The number of hydrogen-bond acceptors (Lipinski definition) is 5. The Hall–Kier alpha value is -2.67. The zero-order chi connectivity index (χ0) is 32.1. The quantitative estimate of drug-likeness (QED) is 0.176. The summed E-state index contributed by atoms with van der Waals surface area (Å²) < 4.78 is 24.8. The number of nitrogens with zero attached hydrogens (tertiary/aromatic N) is 1. The van der Waals surface area contributed by atoms with Crippen molar-refractivity contribution >= 4 is 11.8 Å². The van der Waals surface area contributed by atoms with E-state index < -0.39 is 5.97 Å². The number of aliphatic carboxylic acids is 1. The SMILES string of the molecule is CC.CCC(C)(C)COCC(C)(C)COc1ccccc1F.O=C(O)CCCCCCCCc1ccc2c(n1)NCCC2. The Morgan fingerprint density at radius 3 is 2.26 bits per heavy atom. The number of carboxylic acid groups (broad SMARTS) is 1. The number of fused-ring (bicyclic) bond motifs is 1. The first-order valence-electron chi connectivity index (χ1n) is 16.4. The van der Waals surface area contributed by atoms with Crippen molar-refractivity contribution < 1.29 is 23.8 Å².